The fourth-order valence-electron chi connectivity index (χ4n) is 2.59. The third-order valence-electron chi connectivity index (χ3n) is 4.30. The molecule has 3 amide bonds. The summed E-state index contributed by atoms with van der Waals surface area (Å²) in [6.07, 6.45) is 0. The maximum Gasteiger partial charge on any atom is 0.325 e. The lowest BCUT2D eigenvalue weighted by atomic mass is 9.87. The summed E-state index contributed by atoms with van der Waals surface area (Å²) < 4.78 is 4.80. The highest BCUT2D eigenvalue weighted by Gasteiger charge is 2.16. The zero-order valence-corrected chi connectivity index (χ0v) is 17.6. The van der Waals surface area contributed by atoms with Crippen molar-refractivity contribution < 1.29 is 23.9 Å². The van der Waals surface area contributed by atoms with Gasteiger partial charge in [0.1, 0.15) is 6.54 Å². The van der Waals surface area contributed by atoms with Gasteiger partial charge in [-0.2, -0.15) is 0 Å². The van der Waals surface area contributed by atoms with Crippen LogP contribution in [0.25, 0.3) is 0 Å². The number of carbonyl (C=O) groups is 4. The predicted molar refractivity (Wildman–Crippen MR) is 112 cm³/mol. The number of imide groups is 1. The van der Waals surface area contributed by atoms with Crippen molar-refractivity contribution in [1.82, 2.24) is 10.6 Å². The van der Waals surface area contributed by atoms with Crippen LogP contribution >= 0.6 is 0 Å². The molecular formula is C23H26N2O5. The summed E-state index contributed by atoms with van der Waals surface area (Å²) in [5.74, 6) is -2.54. The highest BCUT2D eigenvalue weighted by Crippen LogP contribution is 2.22. The monoisotopic (exact) mass is 410 g/mol. The van der Waals surface area contributed by atoms with Crippen LogP contribution in [-0.4, -0.2) is 36.8 Å². The van der Waals surface area contributed by atoms with E-state index in [1.807, 2.05) is 25.1 Å². The second-order valence-electron chi connectivity index (χ2n) is 7.92. The molecule has 2 aromatic carbocycles. The Hall–Kier alpha value is -3.48. The topological polar surface area (TPSA) is 102 Å². The summed E-state index contributed by atoms with van der Waals surface area (Å²) >= 11 is 0. The van der Waals surface area contributed by atoms with E-state index in [0.29, 0.717) is 11.1 Å². The highest BCUT2D eigenvalue weighted by molar-refractivity contribution is 6.05. The summed E-state index contributed by atoms with van der Waals surface area (Å²) in [5.41, 5.74) is 2.68. The molecule has 0 radical (unpaired) electrons. The Kier molecular flexibility index (Phi) is 7.47. The number of hydrogen-bond donors (Lipinski definition) is 2. The van der Waals surface area contributed by atoms with Crippen LogP contribution in [-0.2, 0) is 19.7 Å². The average Bonchev–Trinajstić information content (AvgIpc) is 2.69. The molecule has 2 N–H and O–H groups in total. The molecule has 2 rings (SSSR count). The maximum atomic E-state index is 12.1. The Balaban J connectivity index is 1.76. The summed E-state index contributed by atoms with van der Waals surface area (Å²) in [7, 11) is 0. The lowest BCUT2D eigenvalue weighted by Gasteiger charge is -2.19. The molecule has 0 unspecified atom stereocenters. The van der Waals surface area contributed by atoms with Gasteiger partial charge >= 0.3 is 5.97 Å². The van der Waals surface area contributed by atoms with Crippen molar-refractivity contribution >= 4 is 23.7 Å². The van der Waals surface area contributed by atoms with E-state index in [2.05, 4.69) is 31.4 Å². The first kappa shape index (κ1) is 22.8. The number of esters is 1. The van der Waals surface area contributed by atoms with E-state index in [-0.39, 0.29) is 12.0 Å². The van der Waals surface area contributed by atoms with Crippen LogP contribution in [0.3, 0.4) is 0 Å². The fraction of sp³-hybridized carbons (Fsp3) is 0.304. The van der Waals surface area contributed by atoms with Gasteiger partial charge in [-0.3, -0.25) is 24.5 Å². The summed E-state index contributed by atoms with van der Waals surface area (Å²) in [4.78, 5) is 47.7. The van der Waals surface area contributed by atoms with Crippen molar-refractivity contribution in [3.05, 3.63) is 70.8 Å². The first-order chi connectivity index (χ1) is 14.1. The minimum atomic E-state index is -0.784. The van der Waals surface area contributed by atoms with Crippen LogP contribution in [0.2, 0.25) is 0 Å². The molecular weight excluding hydrogens is 384 g/mol. The van der Waals surface area contributed by atoms with Crippen molar-refractivity contribution in [3.8, 4) is 0 Å². The van der Waals surface area contributed by atoms with E-state index in [1.165, 1.54) is 0 Å². The minimum Gasteiger partial charge on any atom is -0.454 e. The number of ether oxygens (including phenoxy) is 1. The molecule has 0 aliphatic heterocycles. The number of carbonyl (C=O) groups excluding carboxylic acids is 4. The zero-order valence-electron chi connectivity index (χ0n) is 17.6. The molecule has 0 spiro atoms. The zero-order chi connectivity index (χ0) is 22.3. The van der Waals surface area contributed by atoms with Crippen LogP contribution < -0.4 is 10.6 Å². The molecule has 0 fully saturated rings. The van der Waals surface area contributed by atoms with Gasteiger partial charge in [0, 0.05) is 11.1 Å². The van der Waals surface area contributed by atoms with Gasteiger partial charge in [0.2, 0.25) is 0 Å². The van der Waals surface area contributed by atoms with Crippen molar-refractivity contribution in [2.45, 2.75) is 33.1 Å². The van der Waals surface area contributed by atoms with Crippen LogP contribution in [0.1, 0.15) is 52.6 Å². The Bertz CT molecular complexity index is 943. The molecule has 2 aromatic rings. The maximum absolute atomic E-state index is 12.1. The largest absolute Gasteiger partial charge is 0.454 e. The van der Waals surface area contributed by atoms with E-state index < -0.39 is 30.3 Å². The molecule has 7 heteroatoms. The van der Waals surface area contributed by atoms with E-state index in [4.69, 9.17) is 4.74 Å². The van der Waals surface area contributed by atoms with Gasteiger partial charge in [-0.15, -0.1) is 0 Å². The normalized spacial score (nSPS) is 10.8. The Morgan fingerprint density at radius 3 is 2.17 bits per heavy atom. The van der Waals surface area contributed by atoms with Gasteiger partial charge < -0.3 is 10.1 Å². The van der Waals surface area contributed by atoms with Crippen molar-refractivity contribution in [1.29, 1.82) is 0 Å². The minimum absolute atomic E-state index is 0.0478. The number of amides is 3. The Labute approximate surface area is 175 Å². The molecule has 7 nitrogen and oxygen atoms in total. The third kappa shape index (κ3) is 6.84. The van der Waals surface area contributed by atoms with Gasteiger partial charge in [-0.25, -0.2) is 0 Å². The number of nitrogens with one attached hydrogen (secondary N) is 2. The highest BCUT2D eigenvalue weighted by atomic mass is 16.5. The number of benzene rings is 2. The molecule has 158 valence electrons. The second kappa shape index (κ2) is 9.82. The summed E-state index contributed by atoms with van der Waals surface area (Å²) in [6.45, 7) is 7.02. The number of hydrogen-bond acceptors (Lipinski definition) is 5. The summed E-state index contributed by atoms with van der Waals surface area (Å²) in [6, 6.07) is 13.8. The van der Waals surface area contributed by atoms with E-state index in [0.717, 1.165) is 11.1 Å². The van der Waals surface area contributed by atoms with E-state index in [9.17, 15) is 19.2 Å². The Morgan fingerprint density at radius 1 is 0.900 bits per heavy atom. The van der Waals surface area contributed by atoms with Gasteiger partial charge in [-0.05, 0) is 42.2 Å². The second-order valence-corrected chi connectivity index (χ2v) is 7.92. The van der Waals surface area contributed by atoms with Crippen molar-refractivity contribution in [2.24, 2.45) is 0 Å². The first-order valence-corrected chi connectivity index (χ1v) is 9.51. The van der Waals surface area contributed by atoms with E-state index in [1.54, 1.807) is 30.3 Å². The smallest absolute Gasteiger partial charge is 0.325 e. The SMILES string of the molecule is Cc1cccc(C(=O)NCC(=O)OCC(=O)NC(=O)c2ccc(C(C)(C)C)cc2)c1. The van der Waals surface area contributed by atoms with Crippen molar-refractivity contribution in [3.63, 3.8) is 0 Å². The summed E-state index contributed by atoms with van der Waals surface area (Å²) in [5, 5.41) is 4.59. The fourth-order valence-corrected chi connectivity index (χ4v) is 2.59. The van der Waals surface area contributed by atoms with E-state index >= 15 is 0 Å². The van der Waals surface area contributed by atoms with Crippen LogP contribution in [0.5, 0.6) is 0 Å². The van der Waals surface area contributed by atoms with Crippen LogP contribution in [0.4, 0.5) is 0 Å². The lowest BCUT2D eigenvalue weighted by molar-refractivity contribution is -0.147. The van der Waals surface area contributed by atoms with Gasteiger partial charge in [0.15, 0.2) is 6.61 Å². The molecule has 0 bridgehead atoms. The molecule has 0 saturated carbocycles. The molecule has 0 heterocycles. The lowest BCUT2D eigenvalue weighted by Crippen LogP contribution is -2.36. The quantitative estimate of drug-likeness (QED) is 0.713. The van der Waals surface area contributed by atoms with Crippen molar-refractivity contribution in [2.75, 3.05) is 13.2 Å². The number of rotatable bonds is 6. The molecule has 0 aliphatic carbocycles. The van der Waals surface area contributed by atoms with Crippen LogP contribution in [0.15, 0.2) is 48.5 Å². The average molecular weight is 410 g/mol. The molecule has 0 atom stereocenters. The predicted octanol–water partition coefficient (Wildman–Crippen LogP) is 2.52. The standard InChI is InChI=1S/C23H26N2O5/c1-15-6-5-7-17(12-15)21(28)24-13-20(27)30-14-19(26)25-22(29)16-8-10-18(11-9-16)23(2,3)4/h5-12H,13-14H2,1-4H3,(H,24,28)(H,25,26,29). The van der Waals surface area contributed by atoms with Gasteiger partial charge in [-0.1, -0.05) is 50.6 Å². The number of aryl methyl sites for hydroxylation is 1. The van der Waals surface area contributed by atoms with Gasteiger partial charge in [0.05, 0.1) is 0 Å². The molecule has 0 aromatic heterocycles. The molecule has 30 heavy (non-hydrogen) atoms. The molecule has 0 aliphatic rings. The first-order valence-electron chi connectivity index (χ1n) is 9.51. The van der Waals surface area contributed by atoms with Crippen LogP contribution in [0, 0.1) is 6.92 Å². The third-order valence-corrected chi connectivity index (χ3v) is 4.30. The van der Waals surface area contributed by atoms with Gasteiger partial charge in [0.25, 0.3) is 17.7 Å². The Morgan fingerprint density at radius 2 is 1.57 bits per heavy atom. The molecule has 0 saturated heterocycles.